The highest BCUT2D eigenvalue weighted by Gasteiger charge is 2.20. The molecule has 0 aliphatic carbocycles. The van der Waals surface area contributed by atoms with Gasteiger partial charge in [-0.2, -0.15) is 0 Å². The van der Waals surface area contributed by atoms with Crippen molar-refractivity contribution in [2.75, 3.05) is 14.2 Å². The average Bonchev–Trinajstić information content (AvgIpc) is 2.29. The van der Waals surface area contributed by atoms with E-state index in [4.69, 9.17) is 15.4 Å². The molecule has 100 valence electrons. The summed E-state index contributed by atoms with van der Waals surface area (Å²) in [5.74, 6) is -0.369. The predicted octanol–water partition coefficient (Wildman–Crippen LogP) is 2.10. The summed E-state index contributed by atoms with van der Waals surface area (Å²) >= 11 is 3.17. The van der Waals surface area contributed by atoms with Crippen molar-refractivity contribution in [3.63, 3.8) is 0 Å². The van der Waals surface area contributed by atoms with Crippen molar-refractivity contribution in [3.8, 4) is 5.75 Å². The number of hydrogen-bond donors (Lipinski definition) is 0. The summed E-state index contributed by atoms with van der Waals surface area (Å²) in [4.78, 5) is 11.0. The first-order chi connectivity index (χ1) is 8.29. The van der Waals surface area contributed by atoms with Crippen molar-refractivity contribution in [2.24, 2.45) is 0 Å². The number of hydrogen-bond acceptors (Lipinski definition) is 5. The molecule has 0 radical (unpaired) electrons. The lowest BCUT2D eigenvalue weighted by atomic mass is 10.1. The van der Waals surface area contributed by atoms with Gasteiger partial charge in [0.25, 0.3) is 9.05 Å². The highest BCUT2D eigenvalue weighted by atomic mass is 79.9. The minimum absolute atomic E-state index is 0.00391. The zero-order valence-electron chi connectivity index (χ0n) is 9.57. The van der Waals surface area contributed by atoms with Gasteiger partial charge in [0.1, 0.15) is 10.6 Å². The minimum Gasteiger partial charge on any atom is -0.495 e. The molecule has 1 aromatic carbocycles. The van der Waals surface area contributed by atoms with Crippen LogP contribution >= 0.6 is 26.6 Å². The van der Waals surface area contributed by atoms with E-state index in [0.29, 0.717) is 10.0 Å². The van der Waals surface area contributed by atoms with Gasteiger partial charge in [0.2, 0.25) is 0 Å². The third-order valence-electron chi connectivity index (χ3n) is 2.16. The van der Waals surface area contributed by atoms with E-state index in [2.05, 4.69) is 20.7 Å². The Kier molecular flexibility index (Phi) is 5.01. The Balaban J connectivity index is 3.31. The molecule has 0 fully saturated rings. The summed E-state index contributed by atoms with van der Waals surface area (Å²) < 4.78 is 32.6. The van der Waals surface area contributed by atoms with Gasteiger partial charge in [0.15, 0.2) is 0 Å². The molecule has 0 saturated carbocycles. The maximum absolute atomic E-state index is 11.3. The van der Waals surface area contributed by atoms with E-state index in [9.17, 15) is 13.2 Å². The molecule has 1 rings (SSSR count). The number of halogens is 2. The zero-order chi connectivity index (χ0) is 13.9. The minimum atomic E-state index is -3.92. The second-order valence-electron chi connectivity index (χ2n) is 3.29. The summed E-state index contributed by atoms with van der Waals surface area (Å²) in [5.41, 5.74) is 0.544. The van der Waals surface area contributed by atoms with Crippen molar-refractivity contribution in [3.05, 3.63) is 22.2 Å². The molecule has 0 saturated heterocycles. The smallest absolute Gasteiger partial charge is 0.310 e. The average molecular weight is 358 g/mol. The number of carbonyl (C=O) groups excluding carboxylic acids is 1. The summed E-state index contributed by atoms with van der Waals surface area (Å²) in [5, 5.41) is 0. The van der Waals surface area contributed by atoms with E-state index < -0.39 is 15.0 Å². The van der Waals surface area contributed by atoms with Crippen LogP contribution < -0.4 is 4.74 Å². The van der Waals surface area contributed by atoms with Crippen molar-refractivity contribution in [1.29, 1.82) is 0 Å². The standard InChI is InChI=1S/C10H10BrClO5S/c1-16-8-3-6(4-10(13)17-2)7(11)5-9(8)18(12,14)15/h3,5H,4H2,1-2H3. The number of ether oxygens (including phenoxy) is 2. The first-order valence-electron chi connectivity index (χ1n) is 4.67. The number of rotatable bonds is 4. The van der Waals surface area contributed by atoms with Gasteiger partial charge in [-0.05, 0) is 17.7 Å². The Morgan fingerprint density at radius 1 is 1.39 bits per heavy atom. The fourth-order valence-electron chi connectivity index (χ4n) is 1.29. The molecule has 0 spiro atoms. The Hall–Kier alpha value is -0.790. The van der Waals surface area contributed by atoms with Crippen LogP contribution in [0, 0.1) is 0 Å². The van der Waals surface area contributed by atoms with Crippen LogP contribution in [-0.2, 0) is 25.0 Å². The number of benzene rings is 1. The third-order valence-corrected chi connectivity index (χ3v) is 4.24. The molecule has 0 heterocycles. The molecular formula is C10H10BrClO5S. The van der Waals surface area contributed by atoms with Crippen molar-refractivity contribution < 1.29 is 22.7 Å². The monoisotopic (exact) mass is 356 g/mol. The van der Waals surface area contributed by atoms with Gasteiger partial charge < -0.3 is 9.47 Å². The molecule has 0 atom stereocenters. The second-order valence-corrected chi connectivity index (χ2v) is 6.67. The summed E-state index contributed by atoms with van der Waals surface area (Å²) in [6.45, 7) is 0. The zero-order valence-corrected chi connectivity index (χ0v) is 12.7. The summed E-state index contributed by atoms with van der Waals surface area (Å²) in [6.07, 6.45) is -0.00391. The predicted molar refractivity (Wildman–Crippen MR) is 69.5 cm³/mol. The Bertz CT molecular complexity index is 570. The van der Waals surface area contributed by atoms with Gasteiger partial charge in [-0.1, -0.05) is 15.9 Å². The number of methoxy groups -OCH3 is 2. The van der Waals surface area contributed by atoms with E-state index >= 15 is 0 Å². The lowest BCUT2D eigenvalue weighted by molar-refractivity contribution is -0.139. The summed E-state index contributed by atoms with van der Waals surface area (Å²) in [7, 11) is 3.95. The first-order valence-corrected chi connectivity index (χ1v) is 7.77. The van der Waals surface area contributed by atoms with Gasteiger partial charge in [0.05, 0.1) is 20.6 Å². The quantitative estimate of drug-likeness (QED) is 0.610. The molecule has 1 aromatic rings. The van der Waals surface area contributed by atoms with E-state index in [-0.39, 0.29) is 17.1 Å². The van der Waals surface area contributed by atoms with Gasteiger partial charge in [-0.25, -0.2) is 8.42 Å². The van der Waals surface area contributed by atoms with Crippen LogP contribution in [0.3, 0.4) is 0 Å². The molecule has 0 unspecified atom stereocenters. The van der Waals surface area contributed by atoms with Crippen LogP contribution in [-0.4, -0.2) is 28.6 Å². The van der Waals surface area contributed by atoms with Gasteiger partial charge in [-0.3, -0.25) is 4.79 Å². The molecular weight excluding hydrogens is 348 g/mol. The molecule has 5 nitrogen and oxygen atoms in total. The highest BCUT2D eigenvalue weighted by molar-refractivity contribution is 9.10. The molecule has 0 N–H and O–H groups in total. The van der Waals surface area contributed by atoms with E-state index in [1.165, 1.54) is 26.4 Å². The van der Waals surface area contributed by atoms with Crippen molar-refractivity contribution in [2.45, 2.75) is 11.3 Å². The molecule has 8 heteroatoms. The number of esters is 1. The SMILES string of the molecule is COC(=O)Cc1cc(OC)c(S(=O)(=O)Cl)cc1Br. The Morgan fingerprint density at radius 2 is 2.00 bits per heavy atom. The van der Waals surface area contributed by atoms with Crippen LogP contribution in [0.15, 0.2) is 21.5 Å². The molecule has 18 heavy (non-hydrogen) atoms. The van der Waals surface area contributed by atoms with E-state index in [1.807, 2.05) is 0 Å². The van der Waals surface area contributed by atoms with Gasteiger partial charge in [-0.15, -0.1) is 0 Å². The van der Waals surface area contributed by atoms with Gasteiger partial charge >= 0.3 is 5.97 Å². The first kappa shape index (κ1) is 15.3. The maximum Gasteiger partial charge on any atom is 0.310 e. The van der Waals surface area contributed by atoms with Crippen LogP contribution in [0.1, 0.15) is 5.56 Å². The lowest BCUT2D eigenvalue weighted by Gasteiger charge is -2.10. The van der Waals surface area contributed by atoms with E-state index in [0.717, 1.165) is 0 Å². The lowest BCUT2D eigenvalue weighted by Crippen LogP contribution is -2.06. The van der Waals surface area contributed by atoms with Crippen LogP contribution in [0.2, 0.25) is 0 Å². The number of carbonyl (C=O) groups is 1. The third kappa shape index (κ3) is 3.60. The van der Waals surface area contributed by atoms with Crippen molar-refractivity contribution >= 4 is 41.6 Å². The van der Waals surface area contributed by atoms with E-state index in [1.54, 1.807) is 0 Å². The molecule has 0 aliphatic rings. The fourth-order valence-corrected chi connectivity index (χ4v) is 2.93. The highest BCUT2D eigenvalue weighted by Crippen LogP contribution is 2.33. The molecule has 0 aromatic heterocycles. The normalized spacial score (nSPS) is 11.1. The maximum atomic E-state index is 11.3. The van der Waals surface area contributed by atoms with Crippen LogP contribution in [0.4, 0.5) is 0 Å². The molecule has 0 bridgehead atoms. The molecule has 0 amide bonds. The Morgan fingerprint density at radius 3 is 2.44 bits per heavy atom. The summed E-state index contributed by atoms with van der Waals surface area (Å²) in [6, 6.07) is 2.72. The van der Waals surface area contributed by atoms with Crippen molar-refractivity contribution in [1.82, 2.24) is 0 Å². The van der Waals surface area contributed by atoms with Gasteiger partial charge in [0, 0.05) is 15.2 Å². The second kappa shape index (κ2) is 5.90. The Labute approximate surface area is 118 Å². The fraction of sp³-hybridized carbons (Fsp3) is 0.300. The largest absolute Gasteiger partial charge is 0.495 e. The topological polar surface area (TPSA) is 69.7 Å². The molecule has 0 aliphatic heterocycles. The van der Waals surface area contributed by atoms with Crippen LogP contribution in [0.25, 0.3) is 0 Å². The van der Waals surface area contributed by atoms with Crippen LogP contribution in [0.5, 0.6) is 5.75 Å².